The molecule has 23 heavy (non-hydrogen) atoms. The van der Waals surface area contributed by atoms with E-state index >= 15 is 0 Å². The second-order valence-electron chi connectivity index (χ2n) is 7.77. The van der Waals surface area contributed by atoms with Gasteiger partial charge in [0.25, 0.3) is 0 Å². The third-order valence-corrected chi connectivity index (χ3v) is 5.43. The highest BCUT2D eigenvalue weighted by molar-refractivity contribution is 5.79. The van der Waals surface area contributed by atoms with Crippen LogP contribution in [0.5, 0.6) is 5.75 Å². The minimum absolute atomic E-state index is 0.00672. The van der Waals surface area contributed by atoms with E-state index in [0.29, 0.717) is 5.92 Å². The number of quaternary nitrogens is 1. The molecule has 1 heterocycles. The number of likely N-dealkylation sites (tertiary alicyclic amines) is 1. The van der Waals surface area contributed by atoms with Crippen molar-refractivity contribution in [2.24, 2.45) is 5.92 Å². The van der Waals surface area contributed by atoms with Gasteiger partial charge in [-0.2, -0.15) is 0 Å². The fourth-order valence-electron chi connectivity index (χ4n) is 4.18. The molecule has 126 valence electrons. The molecule has 0 bridgehead atoms. The number of phenols is 1. The molecule has 1 aromatic rings. The van der Waals surface area contributed by atoms with Crippen LogP contribution in [0.3, 0.4) is 0 Å². The van der Waals surface area contributed by atoms with Crippen LogP contribution in [0.4, 0.5) is 0 Å². The van der Waals surface area contributed by atoms with Crippen LogP contribution in [0.25, 0.3) is 0 Å². The Hall–Kier alpha value is -1.55. The third-order valence-electron chi connectivity index (χ3n) is 5.43. The van der Waals surface area contributed by atoms with Crippen LogP contribution < -0.4 is 0 Å². The number of nitrogens with zero attached hydrogens (tertiary/aromatic N) is 1. The first-order valence-electron chi connectivity index (χ1n) is 8.77. The van der Waals surface area contributed by atoms with Crippen molar-refractivity contribution in [2.45, 2.75) is 44.1 Å². The standard InChI is InChI=1S/C19H27NO3/c1-20(2)12-11-15(13-20)23-19(22)18(14-7-3-4-8-14)16-9-5-6-10-17(16)21/h5-6,9-10,14-15,18H,3-4,7-8,11-13H2,1-2H3/p+1/t15-,18?/m0/s1. The molecular weight excluding hydrogens is 290 g/mol. The molecule has 1 unspecified atom stereocenters. The Kier molecular flexibility index (Phi) is 4.62. The number of esters is 1. The topological polar surface area (TPSA) is 46.5 Å². The summed E-state index contributed by atoms with van der Waals surface area (Å²) in [5, 5.41) is 10.2. The number of phenolic OH excluding ortho intramolecular Hbond substituents is 1. The molecule has 1 N–H and O–H groups in total. The minimum Gasteiger partial charge on any atom is -0.508 e. The number of rotatable bonds is 4. The number of para-hydroxylation sites is 1. The van der Waals surface area contributed by atoms with Crippen molar-refractivity contribution in [1.29, 1.82) is 0 Å². The van der Waals surface area contributed by atoms with E-state index in [1.165, 1.54) is 0 Å². The molecule has 2 atom stereocenters. The maximum Gasteiger partial charge on any atom is 0.314 e. The molecule has 0 spiro atoms. The minimum atomic E-state index is -0.324. The van der Waals surface area contributed by atoms with Crippen LogP contribution in [-0.2, 0) is 9.53 Å². The number of hydrogen-bond acceptors (Lipinski definition) is 3. The SMILES string of the molecule is C[N+]1(C)CC[C@H](OC(=O)C(c2ccccc2O)C2CCCC2)C1. The quantitative estimate of drug-likeness (QED) is 0.685. The molecule has 4 nitrogen and oxygen atoms in total. The Balaban J connectivity index is 1.78. The summed E-state index contributed by atoms with van der Waals surface area (Å²) in [5.41, 5.74) is 0.733. The normalized spacial score (nSPS) is 25.4. The molecule has 1 aliphatic heterocycles. The summed E-state index contributed by atoms with van der Waals surface area (Å²) in [4.78, 5) is 12.9. The van der Waals surface area contributed by atoms with Crippen LogP contribution in [0, 0.1) is 5.92 Å². The predicted molar refractivity (Wildman–Crippen MR) is 89.1 cm³/mol. The molecule has 1 saturated carbocycles. The van der Waals surface area contributed by atoms with E-state index in [4.69, 9.17) is 4.74 Å². The Morgan fingerprint density at radius 3 is 2.52 bits per heavy atom. The molecule has 2 fully saturated rings. The van der Waals surface area contributed by atoms with Gasteiger partial charge in [0.2, 0.25) is 0 Å². The molecule has 3 rings (SSSR count). The van der Waals surface area contributed by atoms with Gasteiger partial charge in [0.15, 0.2) is 6.10 Å². The van der Waals surface area contributed by atoms with E-state index in [9.17, 15) is 9.90 Å². The molecule has 0 amide bonds. The van der Waals surface area contributed by atoms with E-state index in [2.05, 4.69) is 14.1 Å². The number of hydrogen-bond donors (Lipinski definition) is 1. The predicted octanol–water partition coefficient (Wildman–Crippen LogP) is 3.06. The summed E-state index contributed by atoms with van der Waals surface area (Å²) in [6.45, 7) is 1.92. The highest BCUT2D eigenvalue weighted by Crippen LogP contribution is 2.41. The van der Waals surface area contributed by atoms with E-state index in [-0.39, 0.29) is 23.7 Å². The fraction of sp³-hybridized carbons (Fsp3) is 0.632. The molecule has 1 aliphatic carbocycles. The number of aromatic hydroxyl groups is 1. The lowest BCUT2D eigenvalue weighted by Gasteiger charge is -2.26. The zero-order chi connectivity index (χ0) is 16.4. The first-order valence-corrected chi connectivity index (χ1v) is 8.77. The molecule has 2 aliphatic rings. The Labute approximate surface area is 138 Å². The first-order chi connectivity index (χ1) is 11.0. The van der Waals surface area contributed by atoms with Gasteiger partial charge in [-0.3, -0.25) is 4.79 Å². The van der Waals surface area contributed by atoms with E-state index < -0.39 is 0 Å². The Bertz CT molecular complexity index is 563. The van der Waals surface area contributed by atoms with E-state index in [1.807, 2.05) is 12.1 Å². The van der Waals surface area contributed by atoms with Crippen LogP contribution >= 0.6 is 0 Å². The van der Waals surface area contributed by atoms with Crippen molar-refractivity contribution in [1.82, 2.24) is 0 Å². The number of benzene rings is 1. The second kappa shape index (κ2) is 6.52. The first kappa shape index (κ1) is 16.3. The van der Waals surface area contributed by atoms with Crippen LogP contribution in [0.1, 0.15) is 43.6 Å². The zero-order valence-electron chi connectivity index (χ0n) is 14.2. The van der Waals surface area contributed by atoms with E-state index in [0.717, 1.165) is 55.2 Å². The average Bonchev–Trinajstić information content (AvgIpc) is 3.11. The maximum atomic E-state index is 12.9. The molecule has 0 radical (unpaired) electrons. The number of carbonyl (C=O) groups excluding carboxylic acids is 1. The van der Waals surface area contributed by atoms with Crippen LogP contribution in [-0.4, -0.2) is 48.8 Å². The van der Waals surface area contributed by atoms with Crippen LogP contribution in [0.2, 0.25) is 0 Å². The van der Waals surface area contributed by atoms with Gasteiger partial charge >= 0.3 is 5.97 Å². The van der Waals surface area contributed by atoms with Crippen molar-refractivity contribution >= 4 is 5.97 Å². The maximum absolute atomic E-state index is 12.9. The number of likely N-dealkylation sites (N-methyl/N-ethyl adjacent to an activating group) is 1. The average molecular weight is 318 g/mol. The van der Waals surface area contributed by atoms with Gasteiger partial charge in [-0.05, 0) is 24.8 Å². The number of ether oxygens (including phenoxy) is 1. The van der Waals surface area contributed by atoms with Crippen LogP contribution in [0.15, 0.2) is 24.3 Å². The highest BCUT2D eigenvalue weighted by atomic mass is 16.5. The Morgan fingerprint density at radius 2 is 1.91 bits per heavy atom. The molecule has 0 aromatic heterocycles. The summed E-state index contributed by atoms with van der Waals surface area (Å²) < 4.78 is 6.77. The summed E-state index contributed by atoms with van der Waals surface area (Å²) in [6, 6.07) is 7.22. The summed E-state index contributed by atoms with van der Waals surface area (Å²) in [5.74, 6) is 0.0313. The van der Waals surface area contributed by atoms with Gasteiger partial charge < -0.3 is 14.3 Å². The highest BCUT2D eigenvalue weighted by Gasteiger charge is 2.39. The van der Waals surface area contributed by atoms with Crippen molar-refractivity contribution in [3.05, 3.63) is 29.8 Å². The lowest BCUT2D eigenvalue weighted by Crippen LogP contribution is -2.38. The summed E-state index contributed by atoms with van der Waals surface area (Å²) in [6.07, 6.45) is 5.34. The van der Waals surface area contributed by atoms with Crippen molar-refractivity contribution in [3.63, 3.8) is 0 Å². The lowest BCUT2D eigenvalue weighted by atomic mass is 9.84. The summed E-state index contributed by atoms with van der Waals surface area (Å²) in [7, 11) is 4.34. The summed E-state index contributed by atoms with van der Waals surface area (Å²) >= 11 is 0. The van der Waals surface area contributed by atoms with Gasteiger partial charge in [-0.15, -0.1) is 0 Å². The van der Waals surface area contributed by atoms with Crippen molar-refractivity contribution in [2.75, 3.05) is 27.2 Å². The fourth-order valence-corrected chi connectivity index (χ4v) is 4.18. The third kappa shape index (κ3) is 3.69. The van der Waals surface area contributed by atoms with E-state index in [1.54, 1.807) is 12.1 Å². The molecular formula is C19H28NO3+. The molecule has 1 saturated heterocycles. The monoisotopic (exact) mass is 318 g/mol. The largest absolute Gasteiger partial charge is 0.508 e. The van der Waals surface area contributed by atoms with Gasteiger partial charge in [-0.25, -0.2) is 0 Å². The van der Waals surface area contributed by atoms with Crippen molar-refractivity contribution in [3.8, 4) is 5.75 Å². The molecule has 4 heteroatoms. The van der Waals surface area contributed by atoms with Gasteiger partial charge in [0, 0.05) is 12.0 Å². The van der Waals surface area contributed by atoms with Crippen molar-refractivity contribution < 1.29 is 19.1 Å². The zero-order valence-corrected chi connectivity index (χ0v) is 14.2. The Morgan fingerprint density at radius 1 is 1.22 bits per heavy atom. The van der Waals surface area contributed by atoms with Gasteiger partial charge in [0.1, 0.15) is 12.3 Å². The molecule has 1 aromatic carbocycles. The lowest BCUT2D eigenvalue weighted by molar-refractivity contribution is -0.879. The second-order valence-corrected chi connectivity index (χ2v) is 7.77. The van der Waals surface area contributed by atoms with Gasteiger partial charge in [0.05, 0.1) is 26.6 Å². The van der Waals surface area contributed by atoms with Gasteiger partial charge in [-0.1, -0.05) is 31.0 Å². The number of carbonyl (C=O) groups is 1. The smallest absolute Gasteiger partial charge is 0.314 e.